The molecule has 0 aliphatic heterocycles. The maximum atomic E-state index is 2.32. The Bertz CT molecular complexity index is 167. The van der Waals surface area contributed by atoms with Gasteiger partial charge in [0.1, 0.15) is 0 Å². The first kappa shape index (κ1) is 10.3. The summed E-state index contributed by atoms with van der Waals surface area (Å²) in [6.07, 6.45) is 0. The van der Waals surface area contributed by atoms with E-state index in [9.17, 15) is 0 Å². The van der Waals surface area contributed by atoms with Crippen molar-refractivity contribution >= 4 is 45.2 Å². The minimum Gasteiger partial charge on any atom is -0.0611 e. The number of halogens is 2. The predicted octanol–water partition coefficient (Wildman–Crippen LogP) is 2.89. The van der Waals surface area contributed by atoms with E-state index in [1.807, 2.05) is 12.1 Å². The van der Waals surface area contributed by atoms with E-state index in [1.54, 1.807) is 0 Å². The van der Waals surface area contributed by atoms with Crippen LogP contribution in [-0.2, 0) is 19.5 Å². The zero-order chi connectivity index (χ0) is 5.98. The van der Waals surface area contributed by atoms with E-state index in [1.165, 1.54) is 7.14 Å². The third-order valence-electron chi connectivity index (χ3n) is 0.824. The molecule has 0 radical (unpaired) electrons. The molecule has 0 bridgehead atoms. The zero-order valence-corrected chi connectivity index (χ0v) is 10.5. The van der Waals surface area contributed by atoms with Gasteiger partial charge in [0.15, 0.2) is 0 Å². The second-order valence-electron chi connectivity index (χ2n) is 1.41. The quantitative estimate of drug-likeness (QED) is 0.438. The molecule has 0 heterocycles. The van der Waals surface area contributed by atoms with E-state index in [0.29, 0.717) is 0 Å². The van der Waals surface area contributed by atoms with Crippen molar-refractivity contribution < 1.29 is 19.5 Å². The zero-order valence-electron chi connectivity index (χ0n) is 4.42. The SMILES string of the molecule is Ic1ccccc1I.[Ru]. The summed E-state index contributed by atoms with van der Waals surface area (Å²) >= 11 is 4.63. The van der Waals surface area contributed by atoms with Crippen LogP contribution in [0.2, 0.25) is 0 Å². The second kappa shape index (κ2) is 5.02. The van der Waals surface area contributed by atoms with Crippen molar-refractivity contribution in [2.24, 2.45) is 0 Å². The Hall–Kier alpha value is 1.30. The Balaban J connectivity index is 0.000000640. The number of hydrogen-bond acceptors (Lipinski definition) is 0. The van der Waals surface area contributed by atoms with Crippen LogP contribution in [0, 0.1) is 7.14 Å². The summed E-state index contributed by atoms with van der Waals surface area (Å²) in [5, 5.41) is 0. The van der Waals surface area contributed by atoms with Gasteiger partial charge in [0, 0.05) is 26.6 Å². The van der Waals surface area contributed by atoms with Gasteiger partial charge in [0.05, 0.1) is 0 Å². The van der Waals surface area contributed by atoms with Crippen molar-refractivity contribution in [3.05, 3.63) is 31.4 Å². The van der Waals surface area contributed by atoms with Crippen molar-refractivity contribution in [2.75, 3.05) is 0 Å². The average molecular weight is 431 g/mol. The van der Waals surface area contributed by atoms with Gasteiger partial charge in [-0.2, -0.15) is 0 Å². The molecule has 1 aromatic rings. The number of benzene rings is 1. The van der Waals surface area contributed by atoms with Crippen LogP contribution in [-0.4, -0.2) is 0 Å². The van der Waals surface area contributed by atoms with Crippen LogP contribution < -0.4 is 0 Å². The van der Waals surface area contributed by atoms with Gasteiger partial charge in [-0.05, 0) is 57.3 Å². The smallest absolute Gasteiger partial charge is 0.0263 e. The Kier molecular flexibility index (Phi) is 5.75. The van der Waals surface area contributed by atoms with E-state index in [0.717, 1.165) is 0 Å². The van der Waals surface area contributed by atoms with Gasteiger partial charge in [-0.1, -0.05) is 12.1 Å². The summed E-state index contributed by atoms with van der Waals surface area (Å²) in [6.45, 7) is 0. The summed E-state index contributed by atoms with van der Waals surface area (Å²) in [5.41, 5.74) is 0. The van der Waals surface area contributed by atoms with Gasteiger partial charge in [-0.3, -0.25) is 0 Å². The van der Waals surface area contributed by atoms with E-state index in [4.69, 9.17) is 0 Å². The van der Waals surface area contributed by atoms with E-state index >= 15 is 0 Å². The molecule has 0 amide bonds. The monoisotopic (exact) mass is 432 g/mol. The molecule has 0 saturated carbocycles. The second-order valence-corrected chi connectivity index (χ2v) is 3.74. The molecular weight excluding hydrogens is 427 g/mol. The molecule has 0 aromatic heterocycles. The molecule has 9 heavy (non-hydrogen) atoms. The molecule has 0 unspecified atom stereocenters. The molecule has 0 saturated heterocycles. The summed E-state index contributed by atoms with van der Waals surface area (Å²) in [6, 6.07) is 8.29. The van der Waals surface area contributed by atoms with E-state index in [-0.39, 0.29) is 19.5 Å². The largest absolute Gasteiger partial charge is 0.0611 e. The first-order valence-electron chi connectivity index (χ1n) is 2.21. The summed E-state index contributed by atoms with van der Waals surface area (Å²) in [7, 11) is 0. The van der Waals surface area contributed by atoms with Gasteiger partial charge >= 0.3 is 0 Å². The standard InChI is InChI=1S/C6H4I2.Ru/c7-5-3-1-2-4-6(5)8;/h1-4H;. The Morgan fingerprint density at radius 3 is 1.44 bits per heavy atom. The van der Waals surface area contributed by atoms with Gasteiger partial charge in [-0.25, -0.2) is 0 Å². The van der Waals surface area contributed by atoms with Crippen LogP contribution in [0.25, 0.3) is 0 Å². The molecule has 0 aliphatic rings. The molecule has 50 valence electrons. The fourth-order valence-electron chi connectivity index (χ4n) is 0.439. The normalized spacial score (nSPS) is 8.22. The summed E-state index contributed by atoms with van der Waals surface area (Å²) in [4.78, 5) is 0. The molecule has 1 aromatic carbocycles. The van der Waals surface area contributed by atoms with Gasteiger partial charge in [-0.15, -0.1) is 0 Å². The Morgan fingerprint density at radius 1 is 0.889 bits per heavy atom. The van der Waals surface area contributed by atoms with Crippen LogP contribution in [0.15, 0.2) is 24.3 Å². The van der Waals surface area contributed by atoms with E-state index in [2.05, 4.69) is 57.3 Å². The molecule has 0 aliphatic carbocycles. The third-order valence-corrected chi connectivity index (χ3v) is 3.74. The molecule has 0 nitrogen and oxygen atoms in total. The van der Waals surface area contributed by atoms with Crippen molar-refractivity contribution in [2.45, 2.75) is 0 Å². The number of hydrogen-bond donors (Lipinski definition) is 0. The Labute approximate surface area is 94.8 Å². The maximum Gasteiger partial charge on any atom is 0.0263 e. The fourth-order valence-corrected chi connectivity index (χ4v) is 1.21. The van der Waals surface area contributed by atoms with Crippen LogP contribution in [0.4, 0.5) is 0 Å². The van der Waals surface area contributed by atoms with Crippen molar-refractivity contribution in [3.8, 4) is 0 Å². The van der Waals surface area contributed by atoms with Gasteiger partial charge in [0.2, 0.25) is 0 Å². The molecular formula is C6H4I2Ru. The molecule has 0 fully saturated rings. The first-order valence-corrected chi connectivity index (χ1v) is 4.36. The van der Waals surface area contributed by atoms with E-state index < -0.39 is 0 Å². The first-order chi connectivity index (χ1) is 3.80. The summed E-state index contributed by atoms with van der Waals surface area (Å²) in [5.74, 6) is 0. The molecule has 0 atom stereocenters. The van der Waals surface area contributed by atoms with Crippen LogP contribution in [0.3, 0.4) is 0 Å². The fraction of sp³-hybridized carbons (Fsp3) is 0. The maximum absolute atomic E-state index is 2.32. The van der Waals surface area contributed by atoms with Crippen LogP contribution in [0.5, 0.6) is 0 Å². The number of rotatable bonds is 0. The topological polar surface area (TPSA) is 0 Å². The molecule has 0 spiro atoms. The minimum absolute atomic E-state index is 0. The van der Waals surface area contributed by atoms with Gasteiger partial charge < -0.3 is 0 Å². The average Bonchev–Trinajstić information content (AvgIpc) is 1.77. The predicted molar refractivity (Wildman–Crippen MR) is 51.9 cm³/mol. The van der Waals surface area contributed by atoms with Crippen molar-refractivity contribution in [1.29, 1.82) is 0 Å². The van der Waals surface area contributed by atoms with Crippen molar-refractivity contribution in [3.63, 3.8) is 0 Å². The van der Waals surface area contributed by atoms with Crippen LogP contribution in [0.1, 0.15) is 0 Å². The minimum atomic E-state index is 0. The third kappa shape index (κ3) is 3.28. The van der Waals surface area contributed by atoms with Gasteiger partial charge in [0.25, 0.3) is 0 Å². The Morgan fingerprint density at radius 2 is 1.22 bits per heavy atom. The molecule has 0 N–H and O–H groups in total. The summed E-state index contributed by atoms with van der Waals surface area (Å²) < 4.78 is 2.65. The molecule has 3 heteroatoms. The molecule has 1 rings (SSSR count). The van der Waals surface area contributed by atoms with Crippen molar-refractivity contribution in [1.82, 2.24) is 0 Å². The van der Waals surface area contributed by atoms with Crippen LogP contribution >= 0.6 is 45.2 Å².